The molecule has 21 heavy (non-hydrogen) atoms. The van der Waals surface area contributed by atoms with E-state index >= 15 is 0 Å². The maximum Gasteiger partial charge on any atom is 0.0998 e. The Kier molecular flexibility index (Phi) is 2.36. The zero-order valence-electron chi connectivity index (χ0n) is 11.3. The highest BCUT2D eigenvalue weighted by atomic mass is 14.5. The van der Waals surface area contributed by atoms with Crippen molar-refractivity contribution in [3.8, 4) is 6.07 Å². The van der Waals surface area contributed by atoms with Crippen molar-refractivity contribution in [2.75, 3.05) is 5.73 Å². The summed E-state index contributed by atoms with van der Waals surface area (Å²) in [6.45, 7) is 0. The van der Waals surface area contributed by atoms with Gasteiger partial charge in [0, 0.05) is 16.5 Å². The minimum atomic E-state index is 0.661. The standard InChI is InChI=1S/C19H12N2/c20-11-14-5-6-19(21)18-10-16-8-13-4-2-1-3-12(13)7-15(16)9-17(14)18/h1-10H,21H2. The second-order valence-corrected chi connectivity index (χ2v) is 5.26. The molecule has 0 aromatic heterocycles. The molecule has 0 aliphatic heterocycles. The number of benzene rings is 4. The molecule has 0 saturated carbocycles. The lowest BCUT2D eigenvalue weighted by molar-refractivity contribution is 1.50. The maximum atomic E-state index is 9.28. The van der Waals surface area contributed by atoms with E-state index in [1.807, 2.05) is 12.1 Å². The zero-order valence-corrected chi connectivity index (χ0v) is 11.3. The van der Waals surface area contributed by atoms with E-state index in [4.69, 9.17) is 5.73 Å². The maximum absolute atomic E-state index is 9.28. The number of hydrogen-bond donors (Lipinski definition) is 1. The van der Waals surface area contributed by atoms with Gasteiger partial charge in [0.2, 0.25) is 0 Å². The van der Waals surface area contributed by atoms with Gasteiger partial charge < -0.3 is 5.73 Å². The molecule has 0 atom stereocenters. The van der Waals surface area contributed by atoms with Crippen LogP contribution in [0.3, 0.4) is 0 Å². The molecule has 0 spiro atoms. The van der Waals surface area contributed by atoms with E-state index in [1.54, 1.807) is 12.1 Å². The van der Waals surface area contributed by atoms with E-state index < -0.39 is 0 Å². The van der Waals surface area contributed by atoms with Gasteiger partial charge in [0.05, 0.1) is 11.6 Å². The molecule has 0 unspecified atom stereocenters. The van der Waals surface area contributed by atoms with Crippen molar-refractivity contribution in [1.29, 1.82) is 5.26 Å². The van der Waals surface area contributed by atoms with Crippen molar-refractivity contribution in [2.45, 2.75) is 0 Å². The summed E-state index contributed by atoms with van der Waals surface area (Å²) in [6.07, 6.45) is 0. The van der Waals surface area contributed by atoms with Crippen molar-refractivity contribution in [3.05, 3.63) is 66.2 Å². The largest absolute Gasteiger partial charge is 0.398 e. The molecule has 0 aliphatic rings. The lowest BCUT2D eigenvalue weighted by Crippen LogP contribution is -1.90. The quantitative estimate of drug-likeness (QED) is 0.374. The summed E-state index contributed by atoms with van der Waals surface area (Å²) in [7, 11) is 0. The van der Waals surface area contributed by atoms with Gasteiger partial charge in [-0.3, -0.25) is 0 Å². The molecular weight excluding hydrogens is 256 g/mol. The molecule has 0 radical (unpaired) electrons. The third kappa shape index (κ3) is 1.72. The summed E-state index contributed by atoms with van der Waals surface area (Å²) in [5.74, 6) is 0. The molecule has 4 aromatic rings. The predicted molar refractivity (Wildman–Crippen MR) is 88.1 cm³/mol. The molecule has 4 rings (SSSR count). The summed E-state index contributed by atoms with van der Waals surface area (Å²) >= 11 is 0. The Morgan fingerprint density at radius 2 is 1.33 bits per heavy atom. The summed E-state index contributed by atoms with van der Waals surface area (Å²) in [5.41, 5.74) is 7.44. The third-order valence-corrected chi connectivity index (χ3v) is 3.99. The van der Waals surface area contributed by atoms with Crippen LogP contribution in [0.5, 0.6) is 0 Å². The first-order valence-corrected chi connectivity index (χ1v) is 6.81. The average Bonchev–Trinajstić information content (AvgIpc) is 2.52. The van der Waals surface area contributed by atoms with Crippen molar-refractivity contribution in [2.24, 2.45) is 0 Å². The molecule has 2 heteroatoms. The fourth-order valence-electron chi connectivity index (χ4n) is 2.90. The number of hydrogen-bond acceptors (Lipinski definition) is 2. The van der Waals surface area contributed by atoms with E-state index in [-0.39, 0.29) is 0 Å². The van der Waals surface area contributed by atoms with Crippen LogP contribution in [0.15, 0.2) is 60.7 Å². The number of fused-ring (bicyclic) bond motifs is 3. The first-order chi connectivity index (χ1) is 10.3. The molecule has 0 fully saturated rings. The first-order valence-electron chi connectivity index (χ1n) is 6.81. The van der Waals surface area contributed by atoms with Crippen molar-refractivity contribution in [1.82, 2.24) is 0 Å². The van der Waals surface area contributed by atoms with Crippen LogP contribution in [0.1, 0.15) is 5.56 Å². The molecule has 0 heterocycles. The normalized spacial score (nSPS) is 11.0. The molecule has 2 nitrogen and oxygen atoms in total. The predicted octanol–water partition coefficient (Wildman–Crippen LogP) is 4.60. The van der Waals surface area contributed by atoms with Crippen LogP contribution < -0.4 is 5.73 Å². The van der Waals surface area contributed by atoms with Crippen LogP contribution in [-0.2, 0) is 0 Å². The fourth-order valence-corrected chi connectivity index (χ4v) is 2.90. The van der Waals surface area contributed by atoms with E-state index in [9.17, 15) is 5.26 Å². The van der Waals surface area contributed by atoms with E-state index in [0.717, 1.165) is 21.5 Å². The second kappa shape index (κ2) is 4.22. The van der Waals surface area contributed by atoms with Gasteiger partial charge in [0.25, 0.3) is 0 Å². The highest BCUT2D eigenvalue weighted by Gasteiger charge is 2.07. The Balaban J connectivity index is 2.21. The fraction of sp³-hybridized carbons (Fsp3) is 0. The average molecular weight is 268 g/mol. The molecule has 98 valence electrons. The van der Waals surface area contributed by atoms with Crippen LogP contribution in [0.2, 0.25) is 0 Å². The smallest absolute Gasteiger partial charge is 0.0998 e. The van der Waals surface area contributed by atoms with Gasteiger partial charge in [-0.05, 0) is 57.9 Å². The number of anilines is 1. The Hall–Kier alpha value is -3.05. The number of nitrogens with two attached hydrogens (primary N) is 1. The van der Waals surface area contributed by atoms with E-state index in [1.165, 1.54) is 10.8 Å². The summed E-state index contributed by atoms with van der Waals surface area (Å²) < 4.78 is 0. The summed E-state index contributed by atoms with van der Waals surface area (Å²) in [6, 6.07) is 22.6. The minimum absolute atomic E-state index is 0.661. The highest BCUT2D eigenvalue weighted by molar-refractivity contribution is 6.08. The monoisotopic (exact) mass is 268 g/mol. The Morgan fingerprint density at radius 3 is 1.95 bits per heavy atom. The molecule has 4 aromatic carbocycles. The second-order valence-electron chi connectivity index (χ2n) is 5.26. The zero-order chi connectivity index (χ0) is 14.4. The van der Waals surface area contributed by atoms with Crippen molar-refractivity contribution < 1.29 is 0 Å². The van der Waals surface area contributed by atoms with Crippen LogP contribution in [0.25, 0.3) is 32.3 Å². The van der Waals surface area contributed by atoms with Gasteiger partial charge in [0.1, 0.15) is 0 Å². The first kappa shape index (κ1) is 11.7. The lowest BCUT2D eigenvalue weighted by atomic mass is 9.97. The van der Waals surface area contributed by atoms with E-state index in [0.29, 0.717) is 11.3 Å². The van der Waals surface area contributed by atoms with Crippen molar-refractivity contribution in [3.63, 3.8) is 0 Å². The molecule has 2 N–H and O–H groups in total. The van der Waals surface area contributed by atoms with Crippen LogP contribution >= 0.6 is 0 Å². The molecule has 0 aliphatic carbocycles. The topological polar surface area (TPSA) is 49.8 Å². The van der Waals surface area contributed by atoms with Crippen LogP contribution in [0, 0.1) is 11.3 Å². The summed E-state index contributed by atoms with van der Waals surface area (Å²) in [4.78, 5) is 0. The third-order valence-electron chi connectivity index (χ3n) is 3.99. The minimum Gasteiger partial charge on any atom is -0.398 e. The molecule has 0 saturated heterocycles. The Labute approximate surface area is 122 Å². The molecular formula is C19H12N2. The Morgan fingerprint density at radius 1 is 0.714 bits per heavy atom. The SMILES string of the molecule is N#Cc1ccc(N)c2cc3cc4ccccc4cc3cc12. The summed E-state index contributed by atoms with van der Waals surface area (Å²) in [5, 5.41) is 15.8. The van der Waals surface area contributed by atoms with Gasteiger partial charge in [0.15, 0.2) is 0 Å². The van der Waals surface area contributed by atoms with Gasteiger partial charge in [-0.25, -0.2) is 0 Å². The van der Waals surface area contributed by atoms with Crippen molar-refractivity contribution >= 4 is 38.0 Å². The van der Waals surface area contributed by atoms with Gasteiger partial charge in [-0.15, -0.1) is 0 Å². The number of nitriles is 1. The Bertz CT molecular complexity index is 1060. The van der Waals surface area contributed by atoms with E-state index in [2.05, 4.69) is 42.5 Å². The van der Waals surface area contributed by atoms with Crippen LogP contribution in [0.4, 0.5) is 5.69 Å². The number of nitrogen functional groups attached to an aromatic ring is 1. The lowest BCUT2D eigenvalue weighted by Gasteiger charge is -2.08. The highest BCUT2D eigenvalue weighted by Crippen LogP contribution is 2.31. The number of rotatable bonds is 0. The van der Waals surface area contributed by atoms with Crippen LogP contribution in [-0.4, -0.2) is 0 Å². The molecule has 0 amide bonds. The molecule has 0 bridgehead atoms. The number of nitrogens with zero attached hydrogens (tertiary/aromatic N) is 1. The van der Waals surface area contributed by atoms with Gasteiger partial charge >= 0.3 is 0 Å². The van der Waals surface area contributed by atoms with Gasteiger partial charge in [-0.1, -0.05) is 24.3 Å². The van der Waals surface area contributed by atoms with Gasteiger partial charge in [-0.2, -0.15) is 5.26 Å².